The second-order valence-corrected chi connectivity index (χ2v) is 5.48. The number of aromatic nitrogens is 1. The van der Waals surface area contributed by atoms with Crippen molar-refractivity contribution in [2.45, 2.75) is 27.3 Å². The van der Waals surface area contributed by atoms with Crippen LogP contribution in [0.2, 0.25) is 0 Å². The summed E-state index contributed by atoms with van der Waals surface area (Å²) in [4.78, 5) is 24.2. The predicted octanol–water partition coefficient (Wildman–Crippen LogP) is 2.26. The Balaban J connectivity index is 2.34. The number of carbonyl (C=O) groups excluding carboxylic acids is 1. The third-order valence-electron chi connectivity index (χ3n) is 3.03. The van der Waals surface area contributed by atoms with Gasteiger partial charge in [-0.15, -0.1) is 0 Å². The number of nitrogens with zero attached hydrogens (tertiary/aromatic N) is 1. The van der Waals surface area contributed by atoms with Gasteiger partial charge >= 0.3 is 10.8 Å². The van der Waals surface area contributed by atoms with Gasteiger partial charge in [0.25, 0.3) is 0 Å². The van der Waals surface area contributed by atoms with Crippen LogP contribution in [0.25, 0.3) is 0 Å². The fourth-order valence-corrected chi connectivity index (χ4v) is 2.68. The minimum Gasteiger partial charge on any atom is -0.463 e. The van der Waals surface area contributed by atoms with Crippen LogP contribution in [0.5, 0.6) is 0 Å². The summed E-state index contributed by atoms with van der Waals surface area (Å²) in [5.41, 5.74) is 1.63. The van der Waals surface area contributed by atoms with Crippen LogP contribution >= 0.6 is 11.3 Å². The maximum atomic E-state index is 11.8. The van der Waals surface area contributed by atoms with E-state index >= 15 is 0 Å². The van der Waals surface area contributed by atoms with E-state index < -0.39 is 5.97 Å². The first kappa shape index (κ1) is 13.6. The number of hydrogen-bond donors (Lipinski definition) is 0. The Hall–Kier alpha value is -1.82. The van der Waals surface area contributed by atoms with Gasteiger partial charge in [0.05, 0.1) is 13.7 Å². The van der Waals surface area contributed by atoms with Crippen LogP contribution in [-0.4, -0.2) is 17.6 Å². The number of hydrogen-bond acceptors (Lipinski definition) is 5. The number of esters is 1. The monoisotopic (exact) mass is 281 g/mol. The van der Waals surface area contributed by atoms with E-state index in [-0.39, 0.29) is 10.6 Å². The Morgan fingerprint density at radius 3 is 2.63 bits per heavy atom. The highest BCUT2D eigenvalue weighted by molar-refractivity contribution is 7.09. The molecule has 2 aromatic heterocycles. The summed E-state index contributed by atoms with van der Waals surface area (Å²) in [5, 5.41) is 0. The van der Waals surface area contributed by atoms with Crippen LogP contribution in [0.1, 0.15) is 32.4 Å². The second kappa shape index (κ2) is 5.05. The molecule has 19 heavy (non-hydrogen) atoms. The third-order valence-corrected chi connectivity index (χ3v) is 4.03. The number of carbonyl (C=O) groups is 1. The molecule has 0 aliphatic heterocycles. The molecular weight excluding hydrogens is 266 g/mol. The highest BCUT2D eigenvalue weighted by Gasteiger charge is 2.17. The maximum absolute atomic E-state index is 11.8. The Kier molecular flexibility index (Phi) is 3.61. The zero-order chi connectivity index (χ0) is 14.2. The van der Waals surface area contributed by atoms with Crippen LogP contribution in [0.4, 0.5) is 0 Å². The van der Waals surface area contributed by atoms with Gasteiger partial charge in [-0.1, -0.05) is 11.3 Å². The lowest BCUT2D eigenvalue weighted by Gasteiger charge is -2.01. The van der Waals surface area contributed by atoms with Crippen molar-refractivity contribution in [2.24, 2.45) is 0 Å². The van der Waals surface area contributed by atoms with Crippen LogP contribution in [0.15, 0.2) is 15.3 Å². The zero-order valence-corrected chi connectivity index (χ0v) is 12.1. The van der Waals surface area contributed by atoms with Crippen LogP contribution in [-0.2, 0) is 11.3 Å². The van der Waals surface area contributed by atoms with Crippen molar-refractivity contribution >= 4 is 17.3 Å². The van der Waals surface area contributed by atoms with E-state index in [2.05, 4.69) is 4.74 Å². The average Bonchev–Trinajstić information content (AvgIpc) is 2.84. The number of thiazole rings is 1. The van der Waals surface area contributed by atoms with Gasteiger partial charge in [-0.25, -0.2) is 4.79 Å². The van der Waals surface area contributed by atoms with Gasteiger partial charge in [0.2, 0.25) is 5.76 Å². The molecule has 0 unspecified atom stereocenters. The summed E-state index contributed by atoms with van der Waals surface area (Å²) in [5.74, 6) is 0.255. The van der Waals surface area contributed by atoms with Crippen molar-refractivity contribution in [2.75, 3.05) is 7.11 Å². The van der Waals surface area contributed by atoms with Crippen molar-refractivity contribution < 1.29 is 13.9 Å². The quantitative estimate of drug-likeness (QED) is 0.810. The lowest BCUT2D eigenvalue weighted by Crippen LogP contribution is -2.15. The van der Waals surface area contributed by atoms with Crippen molar-refractivity contribution in [3.8, 4) is 0 Å². The SMILES string of the molecule is COC(=O)c1oc(Cn2c(C)c(C)sc2=O)cc1C. The van der Waals surface area contributed by atoms with Gasteiger partial charge in [0, 0.05) is 16.1 Å². The molecule has 2 aromatic rings. The standard InChI is InChI=1S/C13H15NO4S/c1-7-5-10(18-11(7)12(15)17-4)6-14-8(2)9(3)19-13(14)16/h5H,6H2,1-4H3. The molecule has 2 rings (SSSR count). The Bertz CT molecular complexity index is 677. The molecule has 0 atom stereocenters. The van der Waals surface area contributed by atoms with E-state index in [9.17, 15) is 9.59 Å². The number of rotatable bonds is 3. The van der Waals surface area contributed by atoms with Crippen LogP contribution in [0, 0.1) is 20.8 Å². The molecule has 0 fully saturated rings. The van der Waals surface area contributed by atoms with E-state index in [0.717, 1.165) is 10.6 Å². The first-order chi connectivity index (χ1) is 8.93. The molecule has 0 saturated carbocycles. The minimum atomic E-state index is -0.505. The summed E-state index contributed by atoms with van der Waals surface area (Å²) in [6.45, 7) is 5.90. The summed E-state index contributed by atoms with van der Waals surface area (Å²) < 4.78 is 11.7. The van der Waals surface area contributed by atoms with Gasteiger partial charge in [-0.3, -0.25) is 9.36 Å². The molecule has 6 heteroatoms. The molecule has 5 nitrogen and oxygen atoms in total. The summed E-state index contributed by atoms with van der Waals surface area (Å²) in [7, 11) is 1.31. The molecule has 0 aliphatic rings. The molecule has 0 spiro atoms. The number of methoxy groups -OCH3 is 1. The van der Waals surface area contributed by atoms with Gasteiger partial charge in [0.1, 0.15) is 5.76 Å². The normalized spacial score (nSPS) is 10.7. The second-order valence-electron chi connectivity index (χ2n) is 4.31. The fraction of sp³-hybridized carbons (Fsp3) is 0.385. The zero-order valence-electron chi connectivity index (χ0n) is 11.3. The third kappa shape index (κ3) is 2.49. The fourth-order valence-electron chi connectivity index (χ4n) is 1.85. The van der Waals surface area contributed by atoms with Crippen molar-refractivity contribution in [3.05, 3.63) is 43.4 Å². The van der Waals surface area contributed by atoms with Gasteiger partial charge < -0.3 is 9.15 Å². The lowest BCUT2D eigenvalue weighted by molar-refractivity contribution is 0.0561. The summed E-state index contributed by atoms with van der Waals surface area (Å²) in [6, 6.07) is 1.76. The Morgan fingerprint density at radius 2 is 2.11 bits per heavy atom. The highest BCUT2D eigenvalue weighted by atomic mass is 32.1. The van der Waals surface area contributed by atoms with E-state index in [1.807, 2.05) is 13.8 Å². The molecule has 0 aromatic carbocycles. The molecule has 0 aliphatic carbocycles. The van der Waals surface area contributed by atoms with E-state index in [4.69, 9.17) is 4.42 Å². The minimum absolute atomic E-state index is 0.0244. The Morgan fingerprint density at radius 1 is 1.42 bits per heavy atom. The van der Waals surface area contributed by atoms with E-state index in [0.29, 0.717) is 17.9 Å². The molecule has 0 radical (unpaired) electrons. The molecule has 0 saturated heterocycles. The average molecular weight is 281 g/mol. The number of ether oxygens (including phenoxy) is 1. The van der Waals surface area contributed by atoms with Crippen molar-refractivity contribution in [1.82, 2.24) is 4.57 Å². The topological polar surface area (TPSA) is 61.4 Å². The molecule has 0 N–H and O–H groups in total. The number of aryl methyl sites for hydroxylation is 2. The van der Waals surface area contributed by atoms with E-state index in [1.54, 1.807) is 17.6 Å². The lowest BCUT2D eigenvalue weighted by atomic mass is 10.2. The maximum Gasteiger partial charge on any atom is 0.374 e. The first-order valence-corrected chi connectivity index (χ1v) is 6.60. The van der Waals surface area contributed by atoms with Gasteiger partial charge in [-0.05, 0) is 26.8 Å². The molecule has 0 bridgehead atoms. The van der Waals surface area contributed by atoms with Crippen molar-refractivity contribution in [3.63, 3.8) is 0 Å². The molecule has 102 valence electrons. The van der Waals surface area contributed by atoms with Gasteiger partial charge in [0.15, 0.2) is 0 Å². The van der Waals surface area contributed by atoms with Crippen LogP contribution in [0.3, 0.4) is 0 Å². The molecule has 2 heterocycles. The molecular formula is C13H15NO4S. The van der Waals surface area contributed by atoms with E-state index in [1.165, 1.54) is 18.4 Å². The summed E-state index contributed by atoms with van der Waals surface area (Å²) in [6.07, 6.45) is 0. The summed E-state index contributed by atoms with van der Waals surface area (Å²) >= 11 is 1.21. The highest BCUT2D eigenvalue weighted by Crippen LogP contribution is 2.18. The van der Waals surface area contributed by atoms with Gasteiger partial charge in [-0.2, -0.15) is 0 Å². The van der Waals surface area contributed by atoms with Crippen molar-refractivity contribution in [1.29, 1.82) is 0 Å². The Labute approximate surface area is 114 Å². The first-order valence-electron chi connectivity index (χ1n) is 5.78. The predicted molar refractivity (Wildman–Crippen MR) is 71.9 cm³/mol. The van der Waals surface area contributed by atoms with Crippen LogP contribution < -0.4 is 4.87 Å². The molecule has 0 amide bonds. The largest absolute Gasteiger partial charge is 0.463 e. The smallest absolute Gasteiger partial charge is 0.374 e. The number of furan rings is 1.